The lowest BCUT2D eigenvalue weighted by atomic mass is 10.1. The summed E-state index contributed by atoms with van der Waals surface area (Å²) in [7, 11) is 1.40. The van der Waals surface area contributed by atoms with Gasteiger partial charge in [-0.2, -0.15) is 0 Å². The van der Waals surface area contributed by atoms with Crippen molar-refractivity contribution in [1.82, 2.24) is 4.57 Å². The van der Waals surface area contributed by atoms with Crippen molar-refractivity contribution in [3.05, 3.63) is 98.0 Å². The fraction of sp³-hybridized carbons (Fsp3) is 0.143. The van der Waals surface area contributed by atoms with Crippen molar-refractivity contribution in [2.75, 3.05) is 12.4 Å². The molecule has 0 aliphatic carbocycles. The predicted octanol–water partition coefficient (Wildman–Crippen LogP) is 3.37. The van der Waals surface area contributed by atoms with Gasteiger partial charge in [0.15, 0.2) is 0 Å². The van der Waals surface area contributed by atoms with E-state index in [0.29, 0.717) is 12.3 Å². The predicted molar refractivity (Wildman–Crippen MR) is 109 cm³/mol. The Kier molecular flexibility index (Phi) is 5.73. The summed E-state index contributed by atoms with van der Waals surface area (Å²) < 4.78 is 6.41. The van der Waals surface area contributed by atoms with E-state index in [2.05, 4.69) is 5.32 Å². The van der Waals surface area contributed by atoms with Gasteiger partial charge in [0.05, 0.1) is 30.2 Å². The van der Waals surface area contributed by atoms with Gasteiger partial charge in [0.2, 0.25) is 0 Å². The summed E-state index contributed by atoms with van der Waals surface area (Å²) in [6.07, 6.45) is 1.44. The van der Waals surface area contributed by atoms with Gasteiger partial charge in [-0.15, -0.1) is 0 Å². The number of rotatable bonds is 6. The Bertz CT molecular complexity index is 1140. The molecular formula is C21H19N3O5. The first-order valence-corrected chi connectivity index (χ1v) is 8.77. The molecular weight excluding hydrogens is 374 g/mol. The molecule has 148 valence electrons. The first kappa shape index (κ1) is 19.8. The van der Waals surface area contributed by atoms with Crippen molar-refractivity contribution in [3.8, 4) is 5.75 Å². The van der Waals surface area contributed by atoms with E-state index >= 15 is 0 Å². The second-order valence-electron chi connectivity index (χ2n) is 6.47. The molecule has 0 bridgehead atoms. The lowest BCUT2D eigenvalue weighted by molar-refractivity contribution is -0.384. The molecule has 0 atom stereocenters. The number of methoxy groups -OCH3 is 1. The van der Waals surface area contributed by atoms with Crippen LogP contribution in [0.15, 0.2) is 65.6 Å². The highest BCUT2D eigenvalue weighted by molar-refractivity contribution is 6.05. The highest BCUT2D eigenvalue weighted by atomic mass is 16.6. The number of ether oxygens (including phenoxy) is 1. The summed E-state index contributed by atoms with van der Waals surface area (Å²) in [6, 6.07) is 14.5. The number of nitrogens with one attached hydrogen (secondary N) is 1. The van der Waals surface area contributed by atoms with Crippen LogP contribution in [0, 0.1) is 17.0 Å². The van der Waals surface area contributed by atoms with E-state index in [1.165, 1.54) is 48.2 Å². The molecule has 0 fully saturated rings. The highest BCUT2D eigenvalue weighted by Gasteiger charge is 2.18. The van der Waals surface area contributed by atoms with Crippen molar-refractivity contribution in [2.45, 2.75) is 13.5 Å². The first-order valence-electron chi connectivity index (χ1n) is 8.77. The Morgan fingerprint density at radius 1 is 1.17 bits per heavy atom. The monoisotopic (exact) mass is 393 g/mol. The molecule has 1 amide bonds. The maximum absolute atomic E-state index is 12.6. The lowest BCUT2D eigenvalue weighted by Gasteiger charge is -2.10. The molecule has 0 saturated heterocycles. The number of aryl methyl sites for hydroxylation is 1. The van der Waals surface area contributed by atoms with Crippen LogP contribution in [0.25, 0.3) is 0 Å². The number of aromatic nitrogens is 1. The van der Waals surface area contributed by atoms with Crippen LogP contribution in [-0.2, 0) is 6.54 Å². The summed E-state index contributed by atoms with van der Waals surface area (Å²) in [6.45, 7) is 2.27. The number of nitro groups is 1. The summed E-state index contributed by atoms with van der Waals surface area (Å²) in [4.78, 5) is 35.5. The number of hydrogen-bond acceptors (Lipinski definition) is 5. The SMILES string of the molecule is COc1ccc(NC(=O)c2ccc(=O)n(Cc3cccc(C)c3)c2)c([N+](=O)[O-])c1. The fourth-order valence-electron chi connectivity index (χ4n) is 2.89. The van der Waals surface area contributed by atoms with Crippen LogP contribution in [0.5, 0.6) is 5.75 Å². The number of hydrogen-bond donors (Lipinski definition) is 1. The van der Waals surface area contributed by atoms with Crippen molar-refractivity contribution < 1.29 is 14.5 Å². The molecule has 0 saturated carbocycles. The molecule has 29 heavy (non-hydrogen) atoms. The minimum absolute atomic E-state index is 0.0391. The van der Waals surface area contributed by atoms with Crippen molar-refractivity contribution in [1.29, 1.82) is 0 Å². The van der Waals surface area contributed by atoms with Gasteiger partial charge in [0, 0.05) is 12.3 Å². The zero-order valence-electron chi connectivity index (χ0n) is 15.9. The smallest absolute Gasteiger partial charge is 0.296 e. The maximum Gasteiger partial charge on any atom is 0.296 e. The molecule has 0 spiro atoms. The summed E-state index contributed by atoms with van der Waals surface area (Å²) in [5.74, 6) is -0.252. The number of anilines is 1. The Morgan fingerprint density at radius 2 is 1.97 bits per heavy atom. The topological polar surface area (TPSA) is 103 Å². The second-order valence-corrected chi connectivity index (χ2v) is 6.47. The van der Waals surface area contributed by atoms with E-state index in [1.807, 2.05) is 31.2 Å². The molecule has 1 aromatic heterocycles. The largest absolute Gasteiger partial charge is 0.496 e. The van der Waals surface area contributed by atoms with Crippen LogP contribution in [0.4, 0.5) is 11.4 Å². The van der Waals surface area contributed by atoms with E-state index in [9.17, 15) is 19.7 Å². The molecule has 1 heterocycles. The molecule has 2 aromatic carbocycles. The van der Waals surface area contributed by atoms with Crippen LogP contribution in [0.3, 0.4) is 0 Å². The van der Waals surface area contributed by atoms with E-state index in [4.69, 9.17) is 4.74 Å². The van der Waals surface area contributed by atoms with Crippen LogP contribution in [-0.4, -0.2) is 22.5 Å². The zero-order valence-corrected chi connectivity index (χ0v) is 15.9. The molecule has 8 nitrogen and oxygen atoms in total. The molecule has 1 N–H and O–H groups in total. The van der Waals surface area contributed by atoms with Gasteiger partial charge in [0.25, 0.3) is 17.2 Å². The Morgan fingerprint density at radius 3 is 2.66 bits per heavy atom. The molecule has 0 aliphatic heterocycles. The second kappa shape index (κ2) is 8.39. The minimum Gasteiger partial charge on any atom is -0.496 e. The molecule has 0 aliphatic rings. The van der Waals surface area contributed by atoms with Crippen LogP contribution < -0.4 is 15.6 Å². The van der Waals surface area contributed by atoms with Crippen molar-refractivity contribution in [2.24, 2.45) is 0 Å². The van der Waals surface area contributed by atoms with Gasteiger partial charge in [-0.3, -0.25) is 19.7 Å². The minimum atomic E-state index is -0.600. The van der Waals surface area contributed by atoms with Crippen molar-refractivity contribution in [3.63, 3.8) is 0 Å². The third-order valence-electron chi connectivity index (χ3n) is 4.33. The lowest BCUT2D eigenvalue weighted by Crippen LogP contribution is -2.22. The molecule has 0 radical (unpaired) electrons. The number of carbonyl (C=O) groups is 1. The maximum atomic E-state index is 12.6. The Balaban J connectivity index is 1.87. The first-order chi connectivity index (χ1) is 13.9. The normalized spacial score (nSPS) is 10.4. The molecule has 0 unspecified atom stereocenters. The zero-order chi connectivity index (χ0) is 21.0. The van der Waals surface area contributed by atoms with Crippen LogP contribution in [0.1, 0.15) is 21.5 Å². The van der Waals surface area contributed by atoms with Crippen molar-refractivity contribution >= 4 is 17.3 Å². The third kappa shape index (κ3) is 4.67. The van der Waals surface area contributed by atoms with Gasteiger partial charge in [-0.1, -0.05) is 29.8 Å². The van der Waals surface area contributed by atoms with Gasteiger partial charge < -0.3 is 14.6 Å². The molecule has 3 rings (SSSR count). The fourth-order valence-corrected chi connectivity index (χ4v) is 2.89. The molecule has 8 heteroatoms. The number of benzene rings is 2. The van der Waals surface area contributed by atoms with E-state index < -0.39 is 10.8 Å². The third-order valence-corrected chi connectivity index (χ3v) is 4.33. The average Bonchev–Trinajstić information content (AvgIpc) is 2.69. The van der Waals surface area contributed by atoms with Gasteiger partial charge in [-0.05, 0) is 30.7 Å². The number of nitro benzene ring substituents is 1. The summed E-state index contributed by atoms with van der Waals surface area (Å²) in [5, 5.41) is 13.8. The van der Waals surface area contributed by atoms with Gasteiger partial charge >= 0.3 is 0 Å². The van der Waals surface area contributed by atoms with Gasteiger partial charge in [-0.25, -0.2) is 0 Å². The van der Waals surface area contributed by atoms with E-state index in [-0.39, 0.29) is 22.5 Å². The van der Waals surface area contributed by atoms with Crippen LogP contribution >= 0.6 is 0 Å². The quantitative estimate of drug-likeness (QED) is 0.511. The molecule has 3 aromatic rings. The van der Waals surface area contributed by atoms with Gasteiger partial charge in [0.1, 0.15) is 11.4 Å². The Labute approximate surface area is 166 Å². The number of nitrogens with zero attached hydrogens (tertiary/aromatic N) is 2. The van der Waals surface area contributed by atoms with Crippen LogP contribution in [0.2, 0.25) is 0 Å². The van der Waals surface area contributed by atoms with E-state index in [1.54, 1.807) is 0 Å². The summed E-state index contributed by atoms with van der Waals surface area (Å²) >= 11 is 0. The highest BCUT2D eigenvalue weighted by Crippen LogP contribution is 2.29. The number of carbonyl (C=O) groups excluding carboxylic acids is 1. The Hall–Kier alpha value is -3.94. The number of pyridine rings is 1. The standard InChI is InChI=1S/C21H19N3O5/c1-14-4-3-5-15(10-14)12-23-13-16(6-9-20(23)25)21(26)22-18-8-7-17(29-2)11-19(18)24(27)28/h3-11,13H,12H2,1-2H3,(H,22,26). The number of amides is 1. The van der Waals surface area contributed by atoms with E-state index in [0.717, 1.165) is 11.1 Å². The average molecular weight is 393 g/mol. The summed E-state index contributed by atoms with van der Waals surface area (Å²) in [5.41, 5.74) is 1.70.